The summed E-state index contributed by atoms with van der Waals surface area (Å²) in [5.74, 6) is -0.135. The first-order valence-corrected chi connectivity index (χ1v) is 7.06. The summed E-state index contributed by atoms with van der Waals surface area (Å²) < 4.78 is 19.6. The number of hydrogen-bond donors (Lipinski definition) is 1. The molecule has 1 saturated heterocycles. The van der Waals surface area contributed by atoms with E-state index >= 15 is 0 Å². The van der Waals surface area contributed by atoms with Crippen LogP contribution in [0.3, 0.4) is 0 Å². The van der Waals surface area contributed by atoms with E-state index in [4.69, 9.17) is 4.74 Å². The number of morpholine rings is 1. The molecule has 0 bridgehead atoms. The van der Waals surface area contributed by atoms with Crippen molar-refractivity contribution in [1.82, 2.24) is 5.32 Å². The lowest BCUT2D eigenvalue weighted by Crippen LogP contribution is -2.44. The topological polar surface area (TPSA) is 24.5 Å². The van der Waals surface area contributed by atoms with Crippen molar-refractivity contribution < 1.29 is 9.13 Å². The van der Waals surface area contributed by atoms with Gasteiger partial charge in [-0.25, -0.2) is 4.39 Å². The van der Waals surface area contributed by atoms with Gasteiger partial charge in [-0.1, -0.05) is 13.0 Å². The van der Waals surface area contributed by atoms with Gasteiger partial charge in [0.2, 0.25) is 0 Å². The van der Waals surface area contributed by atoms with Gasteiger partial charge in [0.1, 0.15) is 5.82 Å². The van der Waals surface area contributed by atoms with E-state index in [-0.39, 0.29) is 11.9 Å². The largest absolute Gasteiger partial charge is 0.377 e. The molecule has 1 fully saturated rings. The Labute approximate surface area is 114 Å². The fourth-order valence-electron chi connectivity index (χ4n) is 2.39. The minimum absolute atomic E-state index is 0.135. The van der Waals surface area contributed by atoms with Crippen molar-refractivity contribution >= 4 is 5.69 Å². The van der Waals surface area contributed by atoms with Crippen molar-refractivity contribution in [3.63, 3.8) is 0 Å². The van der Waals surface area contributed by atoms with Gasteiger partial charge in [0.25, 0.3) is 0 Å². The van der Waals surface area contributed by atoms with Crippen LogP contribution in [-0.2, 0) is 11.3 Å². The summed E-state index contributed by atoms with van der Waals surface area (Å²) in [6.07, 6.45) is 1.09. The SMILES string of the molecule is CCCNCc1ccc(N2CCOCC2C)c(F)c1. The first kappa shape index (κ1) is 14.3. The molecule has 1 unspecified atom stereocenters. The predicted molar refractivity (Wildman–Crippen MR) is 76.0 cm³/mol. The Bertz CT molecular complexity index is 411. The second kappa shape index (κ2) is 6.87. The molecular formula is C15H23FN2O. The van der Waals surface area contributed by atoms with Crippen LogP contribution < -0.4 is 10.2 Å². The maximum Gasteiger partial charge on any atom is 0.146 e. The van der Waals surface area contributed by atoms with Crippen LogP contribution in [0.25, 0.3) is 0 Å². The van der Waals surface area contributed by atoms with Crippen LogP contribution in [0.1, 0.15) is 25.8 Å². The molecule has 0 spiro atoms. The maximum atomic E-state index is 14.2. The van der Waals surface area contributed by atoms with Crippen LogP contribution in [0.2, 0.25) is 0 Å². The van der Waals surface area contributed by atoms with Gasteiger partial charge in [-0.05, 0) is 37.6 Å². The van der Waals surface area contributed by atoms with Crippen LogP contribution in [-0.4, -0.2) is 32.3 Å². The molecule has 0 aliphatic carbocycles. The van der Waals surface area contributed by atoms with E-state index < -0.39 is 0 Å². The maximum absolute atomic E-state index is 14.2. The van der Waals surface area contributed by atoms with Gasteiger partial charge >= 0.3 is 0 Å². The third-order valence-electron chi connectivity index (χ3n) is 3.45. The van der Waals surface area contributed by atoms with Gasteiger partial charge in [0.15, 0.2) is 0 Å². The van der Waals surface area contributed by atoms with Crippen LogP contribution in [0.4, 0.5) is 10.1 Å². The van der Waals surface area contributed by atoms with E-state index in [0.29, 0.717) is 18.9 Å². The van der Waals surface area contributed by atoms with Crippen LogP contribution in [0, 0.1) is 5.82 Å². The average Bonchev–Trinajstić information content (AvgIpc) is 2.40. The second-order valence-electron chi connectivity index (χ2n) is 5.08. The Hall–Kier alpha value is -1.13. The highest BCUT2D eigenvalue weighted by Crippen LogP contribution is 2.24. The molecule has 1 aliphatic heterocycles. The number of nitrogens with zero attached hydrogens (tertiary/aromatic N) is 1. The molecule has 4 heteroatoms. The standard InChI is InChI=1S/C15H23FN2O/c1-3-6-17-10-13-4-5-15(14(16)9-13)18-7-8-19-11-12(18)2/h4-5,9,12,17H,3,6-8,10-11H2,1-2H3. The smallest absolute Gasteiger partial charge is 0.146 e. The summed E-state index contributed by atoms with van der Waals surface area (Å²) in [6, 6.07) is 5.76. The van der Waals surface area contributed by atoms with Crippen LogP contribution in [0.15, 0.2) is 18.2 Å². The molecule has 1 aliphatic rings. The third-order valence-corrected chi connectivity index (χ3v) is 3.45. The molecule has 1 atom stereocenters. The van der Waals surface area contributed by atoms with Gasteiger partial charge in [0, 0.05) is 19.1 Å². The lowest BCUT2D eigenvalue weighted by molar-refractivity contribution is 0.0986. The van der Waals surface area contributed by atoms with Crippen LogP contribution >= 0.6 is 0 Å². The lowest BCUT2D eigenvalue weighted by atomic mass is 10.1. The van der Waals surface area contributed by atoms with Crippen molar-refractivity contribution in [1.29, 1.82) is 0 Å². The normalized spacial score (nSPS) is 19.7. The Morgan fingerprint density at radius 3 is 3.00 bits per heavy atom. The van der Waals surface area contributed by atoms with E-state index in [0.717, 1.165) is 31.6 Å². The van der Waals surface area contributed by atoms with Crippen molar-refractivity contribution in [3.8, 4) is 0 Å². The number of rotatable bonds is 5. The summed E-state index contributed by atoms with van der Waals surface area (Å²) in [5, 5.41) is 3.29. The Balaban J connectivity index is 2.05. The molecule has 1 N–H and O–H groups in total. The molecule has 1 aromatic carbocycles. The highest BCUT2D eigenvalue weighted by Gasteiger charge is 2.21. The Morgan fingerprint density at radius 2 is 2.32 bits per heavy atom. The molecule has 0 radical (unpaired) electrons. The zero-order valence-electron chi connectivity index (χ0n) is 11.8. The van der Waals surface area contributed by atoms with Crippen molar-refractivity contribution in [2.45, 2.75) is 32.9 Å². The first-order chi connectivity index (χ1) is 9.22. The Kier molecular flexibility index (Phi) is 5.16. The van der Waals surface area contributed by atoms with Crippen molar-refractivity contribution in [3.05, 3.63) is 29.6 Å². The predicted octanol–water partition coefficient (Wildman–Crippen LogP) is 2.55. The average molecular weight is 266 g/mol. The molecular weight excluding hydrogens is 243 g/mol. The highest BCUT2D eigenvalue weighted by atomic mass is 19.1. The number of ether oxygens (including phenoxy) is 1. The van der Waals surface area contributed by atoms with E-state index in [1.54, 1.807) is 6.07 Å². The van der Waals surface area contributed by atoms with Crippen molar-refractivity contribution in [2.75, 3.05) is 31.2 Å². The number of nitrogens with one attached hydrogen (secondary N) is 1. The molecule has 1 heterocycles. The van der Waals surface area contributed by atoms with Gasteiger partial charge in [0.05, 0.1) is 18.9 Å². The lowest BCUT2D eigenvalue weighted by Gasteiger charge is -2.35. The van der Waals surface area contributed by atoms with Gasteiger partial charge in [-0.2, -0.15) is 0 Å². The molecule has 2 rings (SSSR count). The molecule has 0 aromatic heterocycles. The zero-order valence-corrected chi connectivity index (χ0v) is 11.8. The van der Waals surface area contributed by atoms with E-state index in [9.17, 15) is 4.39 Å². The summed E-state index contributed by atoms with van der Waals surface area (Å²) >= 11 is 0. The molecule has 1 aromatic rings. The van der Waals surface area contributed by atoms with Gasteiger partial charge in [-0.15, -0.1) is 0 Å². The fourth-order valence-corrected chi connectivity index (χ4v) is 2.39. The number of hydrogen-bond acceptors (Lipinski definition) is 3. The number of benzene rings is 1. The van der Waals surface area contributed by atoms with Crippen LogP contribution in [0.5, 0.6) is 0 Å². The summed E-state index contributed by atoms with van der Waals surface area (Å²) in [6.45, 7) is 7.97. The number of halogens is 1. The fraction of sp³-hybridized carbons (Fsp3) is 0.600. The minimum Gasteiger partial charge on any atom is -0.377 e. The third kappa shape index (κ3) is 3.67. The summed E-state index contributed by atoms with van der Waals surface area (Å²) in [7, 11) is 0. The molecule has 0 amide bonds. The monoisotopic (exact) mass is 266 g/mol. The summed E-state index contributed by atoms with van der Waals surface area (Å²) in [5.41, 5.74) is 1.69. The molecule has 3 nitrogen and oxygen atoms in total. The minimum atomic E-state index is -0.135. The highest BCUT2D eigenvalue weighted by molar-refractivity contribution is 5.50. The van der Waals surface area contributed by atoms with Crippen molar-refractivity contribution in [2.24, 2.45) is 0 Å². The van der Waals surface area contributed by atoms with E-state index in [2.05, 4.69) is 24.1 Å². The molecule has 106 valence electrons. The molecule has 0 saturated carbocycles. The molecule has 19 heavy (non-hydrogen) atoms. The quantitative estimate of drug-likeness (QED) is 0.829. The Morgan fingerprint density at radius 1 is 1.47 bits per heavy atom. The van der Waals surface area contributed by atoms with E-state index in [1.807, 2.05) is 12.1 Å². The van der Waals surface area contributed by atoms with Gasteiger partial charge in [-0.3, -0.25) is 0 Å². The zero-order chi connectivity index (χ0) is 13.7. The second-order valence-corrected chi connectivity index (χ2v) is 5.08. The summed E-state index contributed by atoms with van der Waals surface area (Å²) in [4.78, 5) is 2.09. The van der Waals surface area contributed by atoms with Gasteiger partial charge < -0.3 is 15.0 Å². The number of anilines is 1. The van der Waals surface area contributed by atoms with E-state index in [1.165, 1.54) is 0 Å². The first-order valence-electron chi connectivity index (χ1n) is 7.06.